The van der Waals surface area contributed by atoms with Crippen molar-refractivity contribution in [2.24, 2.45) is 0 Å². The molecule has 1 saturated carbocycles. The Morgan fingerprint density at radius 2 is 1.81 bits per heavy atom. The van der Waals surface area contributed by atoms with E-state index in [-0.39, 0.29) is 18.4 Å². The maximum Gasteiger partial charge on any atom is 0.325 e. The molecule has 2 aliphatic rings. The second-order valence-electron chi connectivity index (χ2n) is 7.32. The largest absolute Gasteiger partial charge is 0.340 e. The first-order valence-corrected chi connectivity index (χ1v) is 9.90. The summed E-state index contributed by atoms with van der Waals surface area (Å²) in [5.74, 6) is -0.582. The number of amides is 4. The molecule has 1 spiro atoms. The van der Waals surface area contributed by atoms with Gasteiger partial charge in [0.1, 0.15) is 12.1 Å². The van der Waals surface area contributed by atoms with Gasteiger partial charge < -0.3 is 10.2 Å². The number of halogens is 2. The summed E-state index contributed by atoms with van der Waals surface area (Å²) in [7, 11) is 1.63. The molecule has 8 heteroatoms. The van der Waals surface area contributed by atoms with Gasteiger partial charge in [0.2, 0.25) is 5.91 Å². The first-order chi connectivity index (χ1) is 12.8. The average molecular weight is 412 g/mol. The van der Waals surface area contributed by atoms with Gasteiger partial charge in [-0.3, -0.25) is 14.5 Å². The third-order valence-corrected chi connectivity index (χ3v) is 6.06. The van der Waals surface area contributed by atoms with Crippen LogP contribution in [0.1, 0.15) is 44.1 Å². The molecule has 0 aromatic heterocycles. The van der Waals surface area contributed by atoms with Gasteiger partial charge in [-0.15, -0.1) is 0 Å². The molecule has 1 saturated heterocycles. The number of imide groups is 1. The second-order valence-corrected chi connectivity index (χ2v) is 8.13. The summed E-state index contributed by atoms with van der Waals surface area (Å²) in [4.78, 5) is 40.3. The van der Waals surface area contributed by atoms with Crippen LogP contribution in [0.3, 0.4) is 0 Å². The standard InChI is InChI=1S/C19H23Cl2N3O3/c1-23(11-13-6-7-14(20)15(21)10-13)16(25)12-24-17(26)19(22-18(24)27)8-4-2-3-5-9-19/h6-7,10H,2-5,8-9,11-12H2,1H3,(H,22,27). The summed E-state index contributed by atoms with van der Waals surface area (Å²) in [6, 6.07) is 4.68. The number of hydrogen-bond acceptors (Lipinski definition) is 3. The third kappa shape index (κ3) is 4.22. The highest BCUT2D eigenvalue weighted by molar-refractivity contribution is 6.42. The molecule has 1 aromatic rings. The van der Waals surface area contributed by atoms with E-state index in [9.17, 15) is 14.4 Å². The molecule has 2 fully saturated rings. The summed E-state index contributed by atoms with van der Waals surface area (Å²) in [5, 5.41) is 3.71. The minimum absolute atomic E-state index is 0.260. The van der Waals surface area contributed by atoms with Crippen LogP contribution in [0.15, 0.2) is 18.2 Å². The molecule has 0 bridgehead atoms. The van der Waals surface area contributed by atoms with E-state index < -0.39 is 11.6 Å². The summed E-state index contributed by atoms with van der Waals surface area (Å²) >= 11 is 11.9. The predicted octanol–water partition coefficient (Wildman–Crippen LogP) is 3.60. The Labute approximate surface area is 168 Å². The highest BCUT2D eigenvalue weighted by Gasteiger charge is 2.51. The minimum Gasteiger partial charge on any atom is -0.340 e. The quantitative estimate of drug-likeness (QED) is 0.769. The maximum atomic E-state index is 12.9. The highest BCUT2D eigenvalue weighted by Crippen LogP contribution is 2.32. The molecule has 1 N–H and O–H groups in total. The highest BCUT2D eigenvalue weighted by atomic mass is 35.5. The monoisotopic (exact) mass is 411 g/mol. The molecule has 146 valence electrons. The Kier molecular flexibility index (Phi) is 5.96. The van der Waals surface area contributed by atoms with Gasteiger partial charge in [-0.1, -0.05) is 55.0 Å². The van der Waals surface area contributed by atoms with Crippen molar-refractivity contribution in [1.29, 1.82) is 0 Å². The van der Waals surface area contributed by atoms with Crippen LogP contribution in [0.25, 0.3) is 0 Å². The van der Waals surface area contributed by atoms with Crippen molar-refractivity contribution in [2.45, 2.75) is 50.6 Å². The van der Waals surface area contributed by atoms with Crippen molar-refractivity contribution in [3.05, 3.63) is 33.8 Å². The van der Waals surface area contributed by atoms with Gasteiger partial charge in [0, 0.05) is 13.6 Å². The van der Waals surface area contributed by atoms with E-state index in [1.54, 1.807) is 25.2 Å². The van der Waals surface area contributed by atoms with Crippen LogP contribution in [-0.2, 0) is 16.1 Å². The Bertz CT molecular complexity index is 761. The molecule has 1 aromatic carbocycles. The van der Waals surface area contributed by atoms with E-state index in [1.807, 2.05) is 0 Å². The number of hydrogen-bond donors (Lipinski definition) is 1. The van der Waals surface area contributed by atoms with Crippen LogP contribution in [0.5, 0.6) is 0 Å². The smallest absolute Gasteiger partial charge is 0.325 e. The Balaban J connectivity index is 1.65. The van der Waals surface area contributed by atoms with Crippen LogP contribution < -0.4 is 5.32 Å². The first-order valence-electron chi connectivity index (χ1n) is 9.14. The summed E-state index contributed by atoms with van der Waals surface area (Å²) < 4.78 is 0. The van der Waals surface area contributed by atoms with Crippen molar-refractivity contribution in [1.82, 2.24) is 15.1 Å². The normalized spacial score (nSPS) is 19.1. The fourth-order valence-corrected chi connectivity index (χ4v) is 4.07. The van der Waals surface area contributed by atoms with Crippen molar-refractivity contribution in [3.8, 4) is 0 Å². The average Bonchev–Trinajstić information content (AvgIpc) is 2.80. The number of nitrogens with one attached hydrogen (secondary N) is 1. The first kappa shape index (κ1) is 20.0. The topological polar surface area (TPSA) is 69.7 Å². The maximum absolute atomic E-state index is 12.9. The second kappa shape index (κ2) is 8.07. The van der Waals surface area contributed by atoms with Crippen LogP contribution in [0.4, 0.5) is 4.79 Å². The minimum atomic E-state index is -0.823. The van der Waals surface area contributed by atoms with Crippen LogP contribution in [-0.4, -0.2) is 46.8 Å². The van der Waals surface area contributed by atoms with E-state index in [1.165, 1.54) is 4.90 Å². The van der Waals surface area contributed by atoms with Gasteiger partial charge in [0.25, 0.3) is 5.91 Å². The lowest BCUT2D eigenvalue weighted by atomic mass is 9.90. The van der Waals surface area contributed by atoms with E-state index in [0.29, 0.717) is 29.4 Å². The molecule has 0 unspecified atom stereocenters. The summed E-state index contributed by atoms with van der Waals surface area (Å²) in [6.45, 7) is 0.0504. The van der Waals surface area contributed by atoms with Gasteiger partial charge in [0.15, 0.2) is 0 Å². The molecule has 0 atom stereocenters. The molecule has 1 aliphatic carbocycles. The van der Waals surface area contributed by atoms with Gasteiger partial charge in [-0.05, 0) is 30.5 Å². The molecule has 1 aliphatic heterocycles. The molecule has 27 heavy (non-hydrogen) atoms. The van der Waals surface area contributed by atoms with E-state index in [4.69, 9.17) is 23.2 Å². The lowest BCUT2D eigenvalue weighted by Crippen LogP contribution is -2.47. The van der Waals surface area contributed by atoms with Gasteiger partial charge in [0.05, 0.1) is 10.0 Å². The Morgan fingerprint density at radius 3 is 2.44 bits per heavy atom. The van der Waals surface area contributed by atoms with Gasteiger partial charge in [-0.2, -0.15) is 0 Å². The van der Waals surface area contributed by atoms with E-state index in [0.717, 1.165) is 36.1 Å². The van der Waals surface area contributed by atoms with Gasteiger partial charge in [-0.25, -0.2) is 4.79 Å². The van der Waals surface area contributed by atoms with Crippen molar-refractivity contribution in [3.63, 3.8) is 0 Å². The fraction of sp³-hybridized carbons (Fsp3) is 0.526. The van der Waals surface area contributed by atoms with Gasteiger partial charge >= 0.3 is 6.03 Å². The Morgan fingerprint density at radius 1 is 1.15 bits per heavy atom. The fourth-order valence-electron chi connectivity index (χ4n) is 3.75. The SMILES string of the molecule is CN(Cc1ccc(Cl)c(Cl)c1)C(=O)CN1C(=O)NC2(CCCCCC2)C1=O. The number of carbonyl (C=O) groups is 3. The van der Waals surface area contributed by atoms with E-state index in [2.05, 4.69) is 5.32 Å². The number of nitrogens with zero attached hydrogens (tertiary/aromatic N) is 2. The molecule has 6 nitrogen and oxygen atoms in total. The molecular formula is C19H23Cl2N3O3. The lowest BCUT2D eigenvalue weighted by Gasteiger charge is -2.25. The molecule has 3 rings (SSSR count). The lowest BCUT2D eigenvalue weighted by molar-refractivity contribution is -0.138. The number of rotatable bonds is 4. The van der Waals surface area contributed by atoms with Crippen LogP contribution in [0.2, 0.25) is 10.0 Å². The zero-order valence-corrected chi connectivity index (χ0v) is 16.8. The summed E-state index contributed by atoms with van der Waals surface area (Å²) in [6.07, 6.45) is 5.23. The molecular weight excluding hydrogens is 389 g/mol. The third-order valence-electron chi connectivity index (χ3n) is 5.33. The zero-order valence-electron chi connectivity index (χ0n) is 15.3. The van der Waals surface area contributed by atoms with Crippen LogP contribution in [0, 0.1) is 0 Å². The number of carbonyl (C=O) groups excluding carboxylic acids is 3. The number of urea groups is 1. The zero-order chi connectivity index (χ0) is 19.6. The summed E-state index contributed by atoms with van der Waals surface area (Å²) in [5.41, 5.74) is -0.00597. The molecule has 1 heterocycles. The van der Waals surface area contributed by atoms with Crippen molar-refractivity contribution >= 4 is 41.0 Å². The number of benzene rings is 1. The van der Waals surface area contributed by atoms with Crippen LogP contribution >= 0.6 is 23.2 Å². The van der Waals surface area contributed by atoms with Crippen molar-refractivity contribution in [2.75, 3.05) is 13.6 Å². The Hall–Kier alpha value is -1.79. The van der Waals surface area contributed by atoms with Crippen molar-refractivity contribution < 1.29 is 14.4 Å². The number of likely N-dealkylation sites (N-methyl/N-ethyl adjacent to an activating group) is 1. The predicted molar refractivity (Wildman–Crippen MR) is 104 cm³/mol. The van der Waals surface area contributed by atoms with E-state index >= 15 is 0 Å². The molecule has 0 radical (unpaired) electrons. The molecule has 4 amide bonds.